The average molecular weight is 402 g/mol. The minimum absolute atomic E-state index is 0.356. The van der Waals surface area contributed by atoms with Gasteiger partial charge in [-0.05, 0) is 30.2 Å². The molecule has 0 N–H and O–H groups in total. The maximum Gasteiger partial charge on any atom is 0.134 e. The number of hydrogen-bond acceptors (Lipinski definition) is 5. The molecule has 0 aromatic heterocycles. The van der Waals surface area contributed by atoms with Gasteiger partial charge in [0, 0.05) is 10.5 Å². The van der Waals surface area contributed by atoms with E-state index in [1.54, 1.807) is 28.4 Å². The van der Waals surface area contributed by atoms with Gasteiger partial charge in [-0.25, -0.2) is 0 Å². The minimum Gasteiger partial charge on any atom is -0.496 e. The van der Waals surface area contributed by atoms with Crippen molar-refractivity contribution < 1.29 is 18.9 Å². The largest absolute Gasteiger partial charge is 0.496 e. The third kappa shape index (κ3) is 4.98. The number of hydrogen-bond donors (Lipinski definition) is 0. The lowest BCUT2D eigenvalue weighted by Gasteiger charge is -2.21. The van der Waals surface area contributed by atoms with Gasteiger partial charge in [0.2, 0.25) is 0 Å². The van der Waals surface area contributed by atoms with Gasteiger partial charge in [0.1, 0.15) is 23.0 Å². The maximum absolute atomic E-state index is 9.17. The number of unbranched alkanes of at least 4 members (excludes halogenated alkanes) is 4. The quantitative estimate of drug-likeness (QED) is 0.174. The molecule has 0 radical (unpaired) electrons. The molecule has 0 aliphatic carbocycles. The van der Waals surface area contributed by atoms with Crippen molar-refractivity contribution in [3.63, 3.8) is 0 Å². The molecule has 0 bridgehead atoms. The molecule has 0 saturated carbocycles. The van der Waals surface area contributed by atoms with E-state index in [-0.39, 0.29) is 6.04 Å². The number of rotatable bonds is 12. The summed E-state index contributed by atoms with van der Waals surface area (Å²) in [4.78, 5) is 3.09. The zero-order valence-electron chi connectivity index (χ0n) is 18.0. The summed E-state index contributed by atoms with van der Waals surface area (Å²) in [6, 6.07) is 5.20. The Morgan fingerprint density at radius 2 is 1.48 bits per heavy atom. The predicted molar refractivity (Wildman–Crippen MR) is 115 cm³/mol. The van der Waals surface area contributed by atoms with Crippen LogP contribution in [0.4, 0.5) is 0 Å². The Labute approximate surface area is 172 Å². The van der Waals surface area contributed by atoms with Gasteiger partial charge in [0.05, 0.1) is 45.3 Å². The first-order valence-electron chi connectivity index (χ1n) is 10.00. The van der Waals surface area contributed by atoms with Crippen molar-refractivity contribution >= 4 is 10.8 Å². The Morgan fingerprint density at radius 1 is 0.862 bits per heavy atom. The van der Waals surface area contributed by atoms with Gasteiger partial charge < -0.3 is 18.9 Å². The Morgan fingerprint density at radius 3 is 2.03 bits per heavy atom. The lowest BCUT2D eigenvalue weighted by Crippen LogP contribution is -2.03. The number of methoxy groups -OCH3 is 4. The minimum atomic E-state index is -0.356. The highest BCUT2D eigenvalue weighted by Crippen LogP contribution is 2.48. The molecule has 2 aromatic carbocycles. The van der Waals surface area contributed by atoms with Crippen molar-refractivity contribution in [3.8, 4) is 23.0 Å². The van der Waals surface area contributed by atoms with E-state index in [4.69, 9.17) is 24.5 Å². The average Bonchev–Trinajstić information content (AvgIpc) is 2.76. The van der Waals surface area contributed by atoms with Crippen LogP contribution < -0.4 is 18.9 Å². The molecule has 0 fully saturated rings. The number of azide groups is 1. The van der Waals surface area contributed by atoms with E-state index in [0.717, 1.165) is 35.6 Å². The van der Waals surface area contributed by atoms with Gasteiger partial charge in [-0.15, -0.1) is 0 Å². The summed E-state index contributed by atoms with van der Waals surface area (Å²) in [5.41, 5.74) is 9.96. The van der Waals surface area contributed by atoms with E-state index in [1.165, 1.54) is 19.3 Å². The fourth-order valence-corrected chi connectivity index (χ4v) is 3.71. The molecule has 7 nitrogen and oxygen atoms in total. The van der Waals surface area contributed by atoms with Crippen LogP contribution in [0, 0.1) is 0 Å². The van der Waals surface area contributed by atoms with Crippen LogP contribution in [-0.4, -0.2) is 28.4 Å². The summed E-state index contributed by atoms with van der Waals surface area (Å²) in [5, 5.41) is 5.58. The molecule has 0 saturated heterocycles. The van der Waals surface area contributed by atoms with Crippen molar-refractivity contribution in [2.45, 2.75) is 51.5 Å². The van der Waals surface area contributed by atoms with Crippen molar-refractivity contribution in [1.82, 2.24) is 0 Å². The first-order chi connectivity index (χ1) is 14.2. The number of nitrogens with zero attached hydrogens (tertiary/aromatic N) is 3. The van der Waals surface area contributed by atoms with E-state index < -0.39 is 0 Å². The highest BCUT2D eigenvalue weighted by molar-refractivity contribution is 6.03. The summed E-state index contributed by atoms with van der Waals surface area (Å²) in [5.74, 6) is 2.53. The Hall–Kier alpha value is -2.79. The van der Waals surface area contributed by atoms with Gasteiger partial charge in [0.25, 0.3) is 0 Å². The molecule has 0 aliphatic rings. The third-order valence-corrected chi connectivity index (χ3v) is 5.15. The van der Waals surface area contributed by atoms with Gasteiger partial charge in [-0.2, -0.15) is 0 Å². The number of benzene rings is 2. The van der Waals surface area contributed by atoms with Gasteiger partial charge in [0.15, 0.2) is 0 Å². The van der Waals surface area contributed by atoms with Crippen LogP contribution in [0.15, 0.2) is 23.3 Å². The van der Waals surface area contributed by atoms with Crippen LogP contribution in [0.1, 0.15) is 57.1 Å². The van der Waals surface area contributed by atoms with Crippen LogP contribution in [0.5, 0.6) is 23.0 Å². The third-order valence-electron chi connectivity index (χ3n) is 5.15. The zero-order chi connectivity index (χ0) is 21.2. The van der Waals surface area contributed by atoms with Crippen LogP contribution >= 0.6 is 0 Å². The molecule has 1 atom stereocenters. The zero-order valence-corrected chi connectivity index (χ0v) is 18.0. The second kappa shape index (κ2) is 11.3. The van der Waals surface area contributed by atoms with Gasteiger partial charge >= 0.3 is 0 Å². The summed E-state index contributed by atoms with van der Waals surface area (Å²) >= 11 is 0. The van der Waals surface area contributed by atoms with E-state index >= 15 is 0 Å². The van der Waals surface area contributed by atoms with Crippen molar-refractivity contribution in [3.05, 3.63) is 34.2 Å². The molecule has 0 amide bonds. The predicted octanol–water partition coefficient (Wildman–Crippen LogP) is 6.59. The summed E-state index contributed by atoms with van der Waals surface area (Å²) < 4.78 is 22.6. The molecule has 7 heteroatoms. The van der Waals surface area contributed by atoms with Gasteiger partial charge in [-0.3, -0.25) is 0 Å². The first kappa shape index (κ1) is 22.5. The number of ether oxygens (including phenoxy) is 4. The molecule has 158 valence electrons. The Balaban J connectivity index is 2.63. The fraction of sp³-hybridized carbons (Fsp3) is 0.545. The molecule has 0 heterocycles. The molecule has 2 aromatic rings. The van der Waals surface area contributed by atoms with Crippen molar-refractivity contribution in [2.24, 2.45) is 5.11 Å². The van der Waals surface area contributed by atoms with Gasteiger partial charge in [-0.1, -0.05) is 44.1 Å². The Kier molecular flexibility index (Phi) is 8.74. The molecule has 29 heavy (non-hydrogen) atoms. The first-order valence-corrected chi connectivity index (χ1v) is 10.00. The maximum atomic E-state index is 9.17. The lowest BCUT2D eigenvalue weighted by molar-refractivity contribution is 0.386. The molecule has 0 aliphatic heterocycles. The van der Waals surface area contributed by atoms with Crippen LogP contribution in [-0.2, 0) is 0 Å². The number of fused-ring (bicyclic) bond motifs is 1. The smallest absolute Gasteiger partial charge is 0.134 e. The van der Waals surface area contributed by atoms with Crippen LogP contribution in [0.3, 0.4) is 0 Å². The molecule has 0 spiro atoms. The summed E-state index contributed by atoms with van der Waals surface area (Å²) in [6.07, 6.45) is 6.42. The van der Waals surface area contributed by atoms with E-state index in [1.807, 2.05) is 18.2 Å². The lowest BCUT2D eigenvalue weighted by atomic mass is 9.95. The second-order valence-electron chi connectivity index (χ2n) is 6.84. The van der Waals surface area contributed by atoms with Crippen molar-refractivity contribution in [1.29, 1.82) is 0 Å². The SMILES string of the molecule is CCCCCCCC(N=[N+]=[N-])c1cc(OC)c2c(OC)ccc(OC)c2c1OC. The normalized spacial score (nSPS) is 11.6. The second-order valence-corrected chi connectivity index (χ2v) is 6.84. The highest BCUT2D eigenvalue weighted by Gasteiger charge is 2.24. The van der Waals surface area contributed by atoms with Crippen molar-refractivity contribution in [2.75, 3.05) is 28.4 Å². The highest BCUT2D eigenvalue weighted by atomic mass is 16.5. The fourth-order valence-electron chi connectivity index (χ4n) is 3.71. The van der Waals surface area contributed by atoms with E-state index in [0.29, 0.717) is 23.0 Å². The summed E-state index contributed by atoms with van der Waals surface area (Å²) in [7, 11) is 6.44. The molecular weight excluding hydrogens is 370 g/mol. The van der Waals surface area contributed by atoms with Crippen LogP contribution in [0.25, 0.3) is 21.2 Å². The van der Waals surface area contributed by atoms with Crippen LogP contribution in [0.2, 0.25) is 0 Å². The monoisotopic (exact) mass is 401 g/mol. The molecule has 1 unspecified atom stereocenters. The molecule has 2 rings (SSSR count). The van der Waals surface area contributed by atoms with E-state index in [9.17, 15) is 0 Å². The standard InChI is InChI=1S/C22H31N3O4/c1-6-7-8-9-10-11-16(24-25-23)15-14-19(28-4)20-17(26-2)12-13-18(27-3)21(20)22(15)29-5/h12-14,16H,6-11H2,1-5H3. The Bertz CT molecular complexity index is 863. The molecular formula is C22H31N3O4. The topological polar surface area (TPSA) is 85.7 Å². The summed E-state index contributed by atoms with van der Waals surface area (Å²) in [6.45, 7) is 2.19. The van der Waals surface area contributed by atoms with E-state index in [2.05, 4.69) is 16.9 Å².